The highest BCUT2D eigenvalue weighted by atomic mass is 35.5. The van der Waals surface area contributed by atoms with Gasteiger partial charge in [0.15, 0.2) is 5.43 Å². The van der Waals surface area contributed by atoms with E-state index in [0.717, 1.165) is 11.1 Å². The van der Waals surface area contributed by atoms with Gasteiger partial charge in [-0.25, -0.2) is 0 Å². The first kappa shape index (κ1) is 15.7. The van der Waals surface area contributed by atoms with Gasteiger partial charge in [-0.3, -0.25) is 4.79 Å². The first-order valence-corrected chi connectivity index (χ1v) is 8.18. The van der Waals surface area contributed by atoms with Gasteiger partial charge in [-0.2, -0.15) is 0 Å². The summed E-state index contributed by atoms with van der Waals surface area (Å²) in [5, 5.41) is 5.20. The summed E-state index contributed by atoms with van der Waals surface area (Å²) in [6.07, 6.45) is 0. The summed E-state index contributed by atoms with van der Waals surface area (Å²) >= 11 is 6.18. The van der Waals surface area contributed by atoms with E-state index in [-0.39, 0.29) is 5.43 Å². The van der Waals surface area contributed by atoms with E-state index in [2.05, 4.69) is 5.16 Å². The number of nitrogens with zero attached hydrogens (tertiary/aromatic N) is 1. The SMILES string of the molecule is Cc1cc2c(=O)cc(-c3c(-c4ccccc4)noc3C)oc2cc1Cl. The zero-order valence-electron chi connectivity index (χ0n) is 13.7. The summed E-state index contributed by atoms with van der Waals surface area (Å²) in [6.45, 7) is 3.65. The van der Waals surface area contributed by atoms with E-state index in [1.54, 1.807) is 19.1 Å². The molecule has 5 heteroatoms. The normalized spacial score (nSPS) is 11.2. The molecular weight excluding hydrogens is 338 g/mol. The van der Waals surface area contributed by atoms with E-state index in [0.29, 0.717) is 38.8 Å². The lowest BCUT2D eigenvalue weighted by atomic mass is 10.0. The van der Waals surface area contributed by atoms with Gasteiger partial charge < -0.3 is 8.94 Å². The van der Waals surface area contributed by atoms with E-state index in [1.165, 1.54) is 6.07 Å². The number of aromatic nitrogens is 1. The molecule has 0 spiro atoms. The summed E-state index contributed by atoms with van der Waals surface area (Å²) in [7, 11) is 0. The second kappa shape index (κ2) is 5.90. The molecule has 2 aromatic carbocycles. The molecule has 4 nitrogen and oxygen atoms in total. The van der Waals surface area contributed by atoms with Gasteiger partial charge in [0.25, 0.3) is 0 Å². The van der Waals surface area contributed by atoms with Gasteiger partial charge in [0.1, 0.15) is 22.8 Å². The van der Waals surface area contributed by atoms with Crippen molar-refractivity contribution in [3.8, 4) is 22.6 Å². The highest BCUT2D eigenvalue weighted by Gasteiger charge is 2.20. The van der Waals surface area contributed by atoms with Crippen LogP contribution in [-0.4, -0.2) is 5.16 Å². The molecule has 0 aliphatic rings. The predicted octanol–water partition coefficient (Wildman–Crippen LogP) is 5.39. The Balaban J connectivity index is 1.99. The number of hydrogen-bond acceptors (Lipinski definition) is 4. The predicted molar refractivity (Wildman–Crippen MR) is 97.9 cm³/mol. The minimum absolute atomic E-state index is 0.129. The van der Waals surface area contributed by atoms with Crippen LogP contribution in [0.5, 0.6) is 0 Å². The summed E-state index contributed by atoms with van der Waals surface area (Å²) < 4.78 is 11.3. The van der Waals surface area contributed by atoms with Crippen molar-refractivity contribution in [1.82, 2.24) is 5.16 Å². The largest absolute Gasteiger partial charge is 0.456 e. The van der Waals surface area contributed by atoms with Crippen LogP contribution in [0, 0.1) is 13.8 Å². The minimum atomic E-state index is -0.129. The molecule has 2 aromatic heterocycles. The molecule has 0 unspecified atom stereocenters. The summed E-state index contributed by atoms with van der Waals surface area (Å²) in [4.78, 5) is 12.6. The zero-order valence-corrected chi connectivity index (χ0v) is 14.4. The maximum atomic E-state index is 12.6. The van der Waals surface area contributed by atoms with Crippen molar-refractivity contribution in [2.24, 2.45) is 0 Å². The van der Waals surface area contributed by atoms with E-state index in [1.807, 2.05) is 37.3 Å². The highest BCUT2D eigenvalue weighted by Crippen LogP contribution is 2.35. The molecule has 0 aliphatic heterocycles. The Morgan fingerprint density at radius 3 is 2.56 bits per heavy atom. The van der Waals surface area contributed by atoms with Crippen LogP contribution >= 0.6 is 11.6 Å². The average molecular weight is 352 g/mol. The molecule has 0 radical (unpaired) electrons. The van der Waals surface area contributed by atoms with Crippen molar-refractivity contribution in [1.29, 1.82) is 0 Å². The van der Waals surface area contributed by atoms with Gasteiger partial charge in [0.05, 0.1) is 10.9 Å². The lowest BCUT2D eigenvalue weighted by molar-refractivity contribution is 0.400. The molecule has 0 fully saturated rings. The lowest BCUT2D eigenvalue weighted by Gasteiger charge is -2.06. The van der Waals surface area contributed by atoms with E-state index >= 15 is 0 Å². The number of halogens is 1. The first-order valence-electron chi connectivity index (χ1n) is 7.80. The van der Waals surface area contributed by atoms with Crippen LogP contribution in [0.4, 0.5) is 0 Å². The molecule has 0 N–H and O–H groups in total. The smallest absolute Gasteiger partial charge is 0.193 e. The number of hydrogen-bond donors (Lipinski definition) is 0. The van der Waals surface area contributed by atoms with Crippen LogP contribution in [0.25, 0.3) is 33.6 Å². The fourth-order valence-electron chi connectivity index (χ4n) is 2.86. The topological polar surface area (TPSA) is 56.2 Å². The Labute approximate surface area is 148 Å². The van der Waals surface area contributed by atoms with Crippen LogP contribution in [0.1, 0.15) is 11.3 Å². The van der Waals surface area contributed by atoms with Crippen molar-refractivity contribution >= 4 is 22.6 Å². The van der Waals surface area contributed by atoms with Crippen molar-refractivity contribution in [2.45, 2.75) is 13.8 Å². The molecular formula is C20H14ClNO3. The molecule has 0 saturated heterocycles. The molecule has 124 valence electrons. The third-order valence-corrected chi connectivity index (χ3v) is 4.57. The highest BCUT2D eigenvalue weighted by molar-refractivity contribution is 6.32. The number of aryl methyl sites for hydroxylation is 2. The molecule has 0 bridgehead atoms. The van der Waals surface area contributed by atoms with Crippen LogP contribution in [0.2, 0.25) is 5.02 Å². The van der Waals surface area contributed by atoms with E-state index in [4.69, 9.17) is 20.5 Å². The summed E-state index contributed by atoms with van der Waals surface area (Å²) in [6, 6.07) is 14.5. The van der Waals surface area contributed by atoms with Gasteiger partial charge in [-0.05, 0) is 25.5 Å². The van der Waals surface area contributed by atoms with Crippen molar-refractivity contribution in [3.63, 3.8) is 0 Å². The minimum Gasteiger partial charge on any atom is -0.456 e. The maximum absolute atomic E-state index is 12.6. The molecule has 0 aliphatic carbocycles. The molecule has 0 saturated carbocycles. The summed E-state index contributed by atoms with van der Waals surface area (Å²) in [5.41, 5.74) is 3.34. The number of fused-ring (bicyclic) bond motifs is 1. The van der Waals surface area contributed by atoms with Crippen LogP contribution < -0.4 is 5.43 Å². The third kappa shape index (κ3) is 2.65. The molecule has 2 heterocycles. The van der Waals surface area contributed by atoms with Gasteiger partial charge in [-0.15, -0.1) is 0 Å². The Bertz CT molecular complexity index is 1140. The monoisotopic (exact) mass is 351 g/mol. The van der Waals surface area contributed by atoms with Crippen molar-refractivity contribution < 1.29 is 8.94 Å². The van der Waals surface area contributed by atoms with E-state index in [9.17, 15) is 4.79 Å². The molecule has 4 aromatic rings. The Morgan fingerprint density at radius 2 is 1.80 bits per heavy atom. The van der Waals surface area contributed by atoms with E-state index < -0.39 is 0 Å². The maximum Gasteiger partial charge on any atom is 0.193 e. The Kier molecular flexibility index (Phi) is 3.70. The number of rotatable bonds is 2. The fourth-order valence-corrected chi connectivity index (χ4v) is 3.02. The van der Waals surface area contributed by atoms with Crippen molar-refractivity contribution in [3.05, 3.63) is 75.1 Å². The standard InChI is InChI=1S/C20H14ClNO3/c1-11-8-14-16(23)10-18(24-17(14)9-15(11)21)19-12(2)25-22-20(19)13-6-4-3-5-7-13/h3-10H,1-2H3. The Morgan fingerprint density at radius 1 is 1.04 bits per heavy atom. The average Bonchev–Trinajstić information content (AvgIpc) is 2.99. The molecule has 0 atom stereocenters. The van der Waals surface area contributed by atoms with Gasteiger partial charge in [0.2, 0.25) is 0 Å². The van der Waals surface area contributed by atoms with Crippen molar-refractivity contribution in [2.75, 3.05) is 0 Å². The quantitative estimate of drug-likeness (QED) is 0.486. The van der Waals surface area contributed by atoms with Gasteiger partial charge >= 0.3 is 0 Å². The van der Waals surface area contributed by atoms with Crippen LogP contribution in [-0.2, 0) is 0 Å². The molecule has 4 rings (SSSR count). The molecule has 0 amide bonds. The second-order valence-corrected chi connectivity index (χ2v) is 6.31. The first-order chi connectivity index (χ1) is 12.0. The van der Waals surface area contributed by atoms with Crippen LogP contribution in [0.15, 0.2) is 62.3 Å². The fraction of sp³-hybridized carbons (Fsp3) is 0.100. The Hall–Kier alpha value is -2.85. The molecule has 25 heavy (non-hydrogen) atoms. The van der Waals surface area contributed by atoms with Crippen LogP contribution in [0.3, 0.4) is 0 Å². The zero-order chi connectivity index (χ0) is 17.6. The third-order valence-electron chi connectivity index (χ3n) is 4.16. The number of benzene rings is 2. The second-order valence-electron chi connectivity index (χ2n) is 5.90. The van der Waals surface area contributed by atoms with Gasteiger partial charge in [-0.1, -0.05) is 47.1 Å². The lowest BCUT2D eigenvalue weighted by Crippen LogP contribution is -2.01. The van der Waals surface area contributed by atoms with Gasteiger partial charge in [0, 0.05) is 22.7 Å². The summed E-state index contributed by atoms with van der Waals surface area (Å²) in [5.74, 6) is 0.995.